The number of nitrogen functional groups attached to an aromatic ring is 1. The number of aryl methyl sites for hydroxylation is 2. The number of aromatic nitrogens is 2. The van der Waals surface area contributed by atoms with Crippen LogP contribution in [0.15, 0.2) is 47.2 Å². The van der Waals surface area contributed by atoms with E-state index in [9.17, 15) is 0 Å². The van der Waals surface area contributed by atoms with Crippen molar-refractivity contribution in [1.29, 1.82) is 0 Å². The summed E-state index contributed by atoms with van der Waals surface area (Å²) in [7, 11) is 0. The van der Waals surface area contributed by atoms with E-state index in [1.165, 1.54) is 5.56 Å². The molecule has 0 aliphatic heterocycles. The van der Waals surface area contributed by atoms with E-state index in [2.05, 4.69) is 35.3 Å². The van der Waals surface area contributed by atoms with E-state index in [4.69, 9.17) is 10.3 Å². The molecule has 0 radical (unpaired) electrons. The van der Waals surface area contributed by atoms with Crippen molar-refractivity contribution in [3.63, 3.8) is 0 Å². The summed E-state index contributed by atoms with van der Waals surface area (Å²) in [6, 6.07) is 10.1. The van der Waals surface area contributed by atoms with Gasteiger partial charge >= 0.3 is 0 Å². The topological polar surface area (TPSA) is 64.9 Å². The summed E-state index contributed by atoms with van der Waals surface area (Å²) < 4.78 is 5.20. The number of hydrogen-bond acceptors (Lipinski definition) is 4. The Kier molecular flexibility index (Phi) is 2.99. The van der Waals surface area contributed by atoms with Crippen LogP contribution in [0.3, 0.4) is 0 Å². The molecule has 0 fully saturated rings. The van der Waals surface area contributed by atoms with Crippen LogP contribution in [-0.2, 0) is 0 Å². The summed E-state index contributed by atoms with van der Waals surface area (Å²) in [5, 5.41) is 4.14. The van der Waals surface area contributed by atoms with E-state index in [1.54, 1.807) is 12.4 Å². The molecule has 2 N–H and O–H groups in total. The summed E-state index contributed by atoms with van der Waals surface area (Å²) in [5.74, 6) is 0.314. The molecule has 3 rings (SSSR count). The van der Waals surface area contributed by atoms with Crippen LogP contribution in [0.2, 0.25) is 0 Å². The van der Waals surface area contributed by atoms with Gasteiger partial charge in [0.05, 0.1) is 5.56 Å². The Morgan fingerprint density at radius 3 is 2.75 bits per heavy atom. The Hall–Kier alpha value is -2.62. The maximum absolute atomic E-state index is 5.94. The minimum Gasteiger partial charge on any atom is -0.367 e. The molecule has 0 spiro atoms. The maximum Gasteiger partial charge on any atom is 0.230 e. The van der Waals surface area contributed by atoms with Gasteiger partial charge in [-0.2, -0.15) is 0 Å². The monoisotopic (exact) mass is 265 g/mol. The van der Waals surface area contributed by atoms with E-state index in [0.717, 1.165) is 27.9 Å². The van der Waals surface area contributed by atoms with Gasteiger partial charge in [0.1, 0.15) is 5.69 Å². The van der Waals surface area contributed by atoms with E-state index >= 15 is 0 Å². The summed E-state index contributed by atoms with van der Waals surface area (Å²) >= 11 is 0. The van der Waals surface area contributed by atoms with Crippen LogP contribution in [-0.4, -0.2) is 10.1 Å². The van der Waals surface area contributed by atoms with Gasteiger partial charge in [0.2, 0.25) is 5.88 Å². The van der Waals surface area contributed by atoms with Gasteiger partial charge in [0.15, 0.2) is 0 Å². The molecule has 0 bridgehead atoms. The van der Waals surface area contributed by atoms with Gasteiger partial charge in [-0.1, -0.05) is 28.9 Å². The largest absolute Gasteiger partial charge is 0.367 e. The number of nitrogens with two attached hydrogens (primary N) is 1. The summed E-state index contributed by atoms with van der Waals surface area (Å²) in [4.78, 5) is 4.13. The van der Waals surface area contributed by atoms with Gasteiger partial charge in [-0.25, -0.2) is 0 Å². The highest BCUT2D eigenvalue weighted by atomic mass is 16.5. The van der Waals surface area contributed by atoms with Gasteiger partial charge in [0, 0.05) is 23.5 Å². The highest BCUT2D eigenvalue weighted by molar-refractivity contribution is 5.87. The Labute approximate surface area is 117 Å². The van der Waals surface area contributed by atoms with E-state index < -0.39 is 0 Å². The van der Waals surface area contributed by atoms with Crippen molar-refractivity contribution in [2.45, 2.75) is 13.8 Å². The van der Waals surface area contributed by atoms with Gasteiger partial charge in [-0.05, 0) is 31.5 Å². The smallest absolute Gasteiger partial charge is 0.230 e. The first-order valence-corrected chi connectivity index (χ1v) is 6.40. The number of nitrogens with zero attached hydrogens (tertiary/aromatic N) is 2. The zero-order valence-electron chi connectivity index (χ0n) is 11.4. The molecule has 0 atom stereocenters. The van der Waals surface area contributed by atoms with Crippen molar-refractivity contribution in [1.82, 2.24) is 10.1 Å². The van der Waals surface area contributed by atoms with Crippen LogP contribution in [0, 0.1) is 13.8 Å². The third-order valence-corrected chi connectivity index (χ3v) is 3.32. The highest BCUT2D eigenvalue weighted by Crippen LogP contribution is 2.37. The second-order valence-electron chi connectivity index (χ2n) is 4.83. The van der Waals surface area contributed by atoms with Crippen LogP contribution >= 0.6 is 0 Å². The van der Waals surface area contributed by atoms with Crippen molar-refractivity contribution < 1.29 is 4.52 Å². The molecule has 4 nitrogen and oxygen atoms in total. The minimum absolute atomic E-state index is 0.314. The fraction of sp³-hybridized carbons (Fsp3) is 0.125. The molecule has 0 aliphatic carbocycles. The van der Waals surface area contributed by atoms with Gasteiger partial charge in [-0.3, -0.25) is 4.98 Å². The fourth-order valence-electron chi connectivity index (χ4n) is 2.27. The third kappa shape index (κ3) is 2.05. The molecular weight excluding hydrogens is 250 g/mol. The molecule has 0 saturated carbocycles. The van der Waals surface area contributed by atoms with E-state index in [-0.39, 0.29) is 0 Å². The average molecular weight is 265 g/mol. The van der Waals surface area contributed by atoms with Gasteiger partial charge in [-0.15, -0.1) is 0 Å². The molecule has 0 aliphatic rings. The molecule has 0 saturated heterocycles. The Morgan fingerprint density at radius 2 is 2.00 bits per heavy atom. The lowest BCUT2D eigenvalue weighted by atomic mass is 9.97. The first-order valence-electron chi connectivity index (χ1n) is 6.40. The third-order valence-electron chi connectivity index (χ3n) is 3.32. The number of hydrogen-bond donors (Lipinski definition) is 1. The first-order chi connectivity index (χ1) is 9.66. The quantitative estimate of drug-likeness (QED) is 0.768. The molecule has 1 aromatic carbocycles. The van der Waals surface area contributed by atoms with E-state index in [1.807, 2.05) is 19.1 Å². The Bertz CT molecular complexity index is 748. The molecule has 0 amide bonds. The molecule has 20 heavy (non-hydrogen) atoms. The Balaban J connectivity index is 2.24. The summed E-state index contributed by atoms with van der Waals surface area (Å²) in [6.07, 6.45) is 3.49. The zero-order valence-corrected chi connectivity index (χ0v) is 11.4. The summed E-state index contributed by atoms with van der Waals surface area (Å²) in [6.45, 7) is 4.10. The fourth-order valence-corrected chi connectivity index (χ4v) is 2.27. The van der Waals surface area contributed by atoms with Crippen LogP contribution in [0.4, 0.5) is 5.88 Å². The molecule has 2 heterocycles. The van der Waals surface area contributed by atoms with Crippen molar-refractivity contribution in [2.75, 3.05) is 5.73 Å². The van der Waals surface area contributed by atoms with Gasteiger partial charge < -0.3 is 10.3 Å². The van der Waals surface area contributed by atoms with Crippen molar-refractivity contribution >= 4 is 5.88 Å². The molecule has 3 aromatic rings. The predicted octanol–water partition coefficient (Wildman–Crippen LogP) is 3.60. The first kappa shape index (κ1) is 12.4. The van der Waals surface area contributed by atoms with Crippen molar-refractivity contribution in [2.24, 2.45) is 0 Å². The number of pyridine rings is 1. The second kappa shape index (κ2) is 4.81. The standard InChI is InChI=1S/C16H15N3O/c1-10-5-6-11(2)13(8-10)15-14(16(17)20-19-15)12-4-3-7-18-9-12/h3-9H,17H2,1-2H3. The van der Waals surface area contributed by atoms with Gasteiger partial charge in [0.25, 0.3) is 0 Å². The Morgan fingerprint density at radius 1 is 1.15 bits per heavy atom. The average Bonchev–Trinajstić information content (AvgIpc) is 2.84. The van der Waals surface area contributed by atoms with Crippen LogP contribution in [0.1, 0.15) is 11.1 Å². The van der Waals surface area contributed by atoms with Crippen LogP contribution < -0.4 is 5.73 Å². The second-order valence-corrected chi connectivity index (χ2v) is 4.83. The molecule has 4 heteroatoms. The lowest BCUT2D eigenvalue weighted by Gasteiger charge is -2.06. The lowest BCUT2D eigenvalue weighted by Crippen LogP contribution is -1.90. The van der Waals surface area contributed by atoms with Crippen molar-refractivity contribution in [3.05, 3.63) is 53.9 Å². The van der Waals surface area contributed by atoms with Crippen LogP contribution in [0.25, 0.3) is 22.4 Å². The van der Waals surface area contributed by atoms with Crippen LogP contribution in [0.5, 0.6) is 0 Å². The molecular formula is C16H15N3O. The number of benzene rings is 1. The normalized spacial score (nSPS) is 10.7. The minimum atomic E-state index is 0.314. The maximum atomic E-state index is 5.94. The van der Waals surface area contributed by atoms with Crippen molar-refractivity contribution in [3.8, 4) is 22.4 Å². The molecule has 100 valence electrons. The zero-order chi connectivity index (χ0) is 14.1. The SMILES string of the molecule is Cc1ccc(C)c(-c2noc(N)c2-c2cccnc2)c1. The molecule has 2 aromatic heterocycles. The highest BCUT2D eigenvalue weighted by Gasteiger charge is 2.18. The lowest BCUT2D eigenvalue weighted by molar-refractivity contribution is 0.439. The molecule has 0 unspecified atom stereocenters. The van der Waals surface area contributed by atoms with E-state index in [0.29, 0.717) is 5.88 Å². The summed E-state index contributed by atoms with van der Waals surface area (Å²) in [5.41, 5.74) is 11.7. The number of rotatable bonds is 2. The number of anilines is 1. The predicted molar refractivity (Wildman–Crippen MR) is 79.1 cm³/mol.